The fourth-order valence-corrected chi connectivity index (χ4v) is 3.61. The van der Waals surface area contributed by atoms with E-state index in [-0.39, 0.29) is 11.0 Å². The Balaban J connectivity index is 1.71. The Morgan fingerprint density at radius 1 is 1.21 bits per heavy atom. The van der Waals surface area contributed by atoms with Crippen molar-refractivity contribution in [1.29, 1.82) is 0 Å². The minimum Gasteiger partial charge on any atom is -0.308 e. The van der Waals surface area contributed by atoms with Gasteiger partial charge in [0.15, 0.2) is 10.2 Å². The molecule has 0 atom stereocenters. The number of rotatable bonds is 2. The van der Waals surface area contributed by atoms with Gasteiger partial charge in [-0.3, -0.25) is 10.1 Å². The Morgan fingerprint density at radius 3 is 2.71 bits per heavy atom. The largest absolute Gasteiger partial charge is 0.308 e. The van der Waals surface area contributed by atoms with Crippen molar-refractivity contribution in [1.82, 2.24) is 10.3 Å². The highest BCUT2D eigenvalue weighted by Gasteiger charge is 2.12. The first-order valence-electron chi connectivity index (χ1n) is 6.87. The van der Waals surface area contributed by atoms with Crippen LogP contribution in [0.15, 0.2) is 36.4 Å². The van der Waals surface area contributed by atoms with E-state index in [1.807, 2.05) is 19.1 Å². The first kappa shape index (κ1) is 17.1. The first-order chi connectivity index (χ1) is 11.4. The van der Waals surface area contributed by atoms with Crippen LogP contribution in [0.3, 0.4) is 0 Å². The standard InChI is InChI=1S/C16H11Cl2N3OS2/c1-8-5-6-9(7-11(8)18)14(22)20-15(23)21-16-19-13-10(17)3-2-4-12(13)24-16/h2-7H,1H3,(H2,19,20,21,22,23). The van der Waals surface area contributed by atoms with Crippen LogP contribution in [-0.4, -0.2) is 16.0 Å². The molecule has 122 valence electrons. The number of halogens is 2. The van der Waals surface area contributed by atoms with E-state index in [1.54, 1.807) is 24.3 Å². The van der Waals surface area contributed by atoms with Crippen molar-refractivity contribution in [3.05, 3.63) is 57.6 Å². The summed E-state index contributed by atoms with van der Waals surface area (Å²) in [4.78, 5) is 16.6. The van der Waals surface area contributed by atoms with Gasteiger partial charge in [-0.1, -0.05) is 46.7 Å². The molecular weight excluding hydrogens is 385 g/mol. The molecule has 0 fully saturated rings. The molecule has 2 N–H and O–H groups in total. The zero-order valence-electron chi connectivity index (χ0n) is 12.4. The van der Waals surface area contributed by atoms with Gasteiger partial charge in [-0.25, -0.2) is 4.98 Å². The number of aromatic nitrogens is 1. The molecule has 1 amide bonds. The average molecular weight is 396 g/mol. The molecular formula is C16H11Cl2N3OS2. The van der Waals surface area contributed by atoms with Crippen LogP contribution in [0.25, 0.3) is 10.2 Å². The number of para-hydroxylation sites is 1. The second-order valence-corrected chi connectivity index (χ2v) is 7.23. The number of nitrogens with one attached hydrogen (secondary N) is 2. The van der Waals surface area contributed by atoms with E-state index in [4.69, 9.17) is 35.4 Å². The Bertz CT molecular complexity index is 956. The topological polar surface area (TPSA) is 54.0 Å². The van der Waals surface area contributed by atoms with Crippen molar-refractivity contribution in [2.45, 2.75) is 6.92 Å². The summed E-state index contributed by atoms with van der Waals surface area (Å²) in [7, 11) is 0. The maximum Gasteiger partial charge on any atom is 0.257 e. The van der Waals surface area contributed by atoms with Gasteiger partial charge in [0.05, 0.1) is 9.72 Å². The average Bonchev–Trinajstić information content (AvgIpc) is 2.93. The number of benzene rings is 2. The molecule has 0 aliphatic heterocycles. The van der Waals surface area contributed by atoms with Gasteiger partial charge in [-0.15, -0.1) is 0 Å². The summed E-state index contributed by atoms with van der Waals surface area (Å²) in [6.45, 7) is 1.87. The lowest BCUT2D eigenvalue weighted by Gasteiger charge is -2.08. The third kappa shape index (κ3) is 3.67. The molecule has 0 spiro atoms. The van der Waals surface area contributed by atoms with Crippen LogP contribution in [0.5, 0.6) is 0 Å². The van der Waals surface area contributed by atoms with E-state index in [1.165, 1.54) is 11.3 Å². The molecule has 3 aromatic rings. The number of thiazole rings is 1. The van der Waals surface area contributed by atoms with Crippen molar-refractivity contribution in [2.75, 3.05) is 5.32 Å². The van der Waals surface area contributed by atoms with Crippen molar-refractivity contribution < 1.29 is 4.79 Å². The van der Waals surface area contributed by atoms with Crippen LogP contribution in [-0.2, 0) is 0 Å². The third-order valence-electron chi connectivity index (χ3n) is 3.25. The predicted molar refractivity (Wildman–Crippen MR) is 105 cm³/mol. The third-order valence-corrected chi connectivity index (χ3v) is 5.10. The highest BCUT2D eigenvalue weighted by atomic mass is 35.5. The van der Waals surface area contributed by atoms with E-state index < -0.39 is 0 Å². The highest BCUT2D eigenvalue weighted by molar-refractivity contribution is 7.80. The zero-order chi connectivity index (χ0) is 17.3. The molecule has 0 aliphatic rings. The van der Waals surface area contributed by atoms with Gasteiger partial charge in [0, 0.05) is 10.6 Å². The van der Waals surface area contributed by atoms with Gasteiger partial charge in [0.2, 0.25) is 0 Å². The van der Waals surface area contributed by atoms with E-state index in [2.05, 4.69) is 15.6 Å². The van der Waals surface area contributed by atoms with Gasteiger partial charge < -0.3 is 5.32 Å². The Kier molecular flexibility index (Phi) is 5.01. The molecule has 0 saturated carbocycles. The van der Waals surface area contributed by atoms with Gasteiger partial charge >= 0.3 is 0 Å². The quantitative estimate of drug-likeness (QED) is 0.596. The summed E-state index contributed by atoms with van der Waals surface area (Å²) in [5.74, 6) is -0.339. The van der Waals surface area contributed by atoms with Gasteiger partial charge in [0.1, 0.15) is 5.52 Å². The number of carbonyl (C=O) groups is 1. The minimum atomic E-state index is -0.339. The Labute approximate surface area is 157 Å². The zero-order valence-corrected chi connectivity index (χ0v) is 15.5. The van der Waals surface area contributed by atoms with Crippen LogP contribution < -0.4 is 10.6 Å². The number of thiocarbonyl (C=S) groups is 1. The highest BCUT2D eigenvalue weighted by Crippen LogP contribution is 2.30. The number of hydrogen-bond donors (Lipinski definition) is 2. The molecule has 0 saturated heterocycles. The van der Waals surface area contributed by atoms with E-state index in [0.29, 0.717) is 26.3 Å². The summed E-state index contributed by atoms with van der Waals surface area (Å²) in [5.41, 5.74) is 2.04. The summed E-state index contributed by atoms with van der Waals surface area (Å²) >= 11 is 18.7. The number of fused-ring (bicyclic) bond motifs is 1. The van der Waals surface area contributed by atoms with E-state index in [9.17, 15) is 4.79 Å². The van der Waals surface area contributed by atoms with E-state index >= 15 is 0 Å². The number of nitrogens with zero attached hydrogens (tertiary/aromatic N) is 1. The fourth-order valence-electron chi connectivity index (χ4n) is 2.01. The van der Waals surface area contributed by atoms with Crippen LogP contribution in [0.4, 0.5) is 5.13 Å². The SMILES string of the molecule is Cc1ccc(C(=O)NC(=S)Nc2nc3c(Cl)cccc3s2)cc1Cl. The maximum atomic E-state index is 12.2. The normalized spacial score (nSPS) is 10.6. The van der Waals surface area contributed by atoms with Crippen molar-refractivity contribution >= 4 is 73.1 Å². The first-order valence-corrected chi connectivity index (χ1v) is 8.85. The number of anilines is 1. The number of aryl methyl sites for hydroxylation is 1. The number of amides is 1. The second-order valence-electron chi connectivity index (χ2n) is 4.98. The van der Waals surface area contributed by atoms with Crippen LogP contribution >= 0.6 is 46.8 Å². The lowest BCUT2D eigenvalue weighted by Crippen LogP contribution is -2.34. The molecule has 0 aliphatic carbocycles. The molecule has 1 aromatic heterocycles. The van der Waals surface area contributed by atoms with E-state index in [0.717, 1.165) is 10.3 Å². The second kappa shape index (κ2) is 7.03. The molecule has 0 bridgehead atoms. The molecule has 8 heteroatoms. The number of hydrogen-bond acceptors (Lipinski definition) is 4. The molecule has 3 rings (SSSR count). The van der Waals surface area contributed by atoms with Crippen LogP contribution in [0, 0.1) is 6.92 Å². The maximum absolute atomic E-state index is 12.2. The molecule has 2 aromatic carbocycles. The monoisotopic (exact) mass is 395 g/mol. The molecule has 0 radical (unpaired) electrons. The summed E-state index contributed by atoms with van der Waals surface area (Å²) < 4.78 is 0.935. The lowest BCUT2D eigenvalue weighted by atomic mass is 10.1. The fraction of sp³-hybridized carbons (Fsp3) is 0.0625. The minimum absolute atomic E-state index is 0.159. The Hall–Kier alpha value is -1.73. The van der Waals surface area contributed by atoms with Crippen molar-refractivity contribution in [3.63, 3.8) is 0 Å². The molecule has 1 heterocycles. The lowest BCUT2D eigenvalue weighted by molar-refractivity contribution is 0.0977. The summed E-state index contributed by atoms with van der Waals surface area (Å²) in [6, 6.07) is 10.6. The Morgan fingerprint density at radius 2 is 2.00 bits per heavy atom. The molecule has 24 heavy (non-hydrogen) atoms. The van der Waals surface area contributed by atoms with Crippen molar-refractivity contribution in [3.8, 4) is 0 Å². The predicted octanol–water partition coefficient (Wildman–Crippen LogP) is 5.04. The van der Waals surface area contributed by atoms with Gasteiger partial charge in [-0.2, -0.15) is 0 Å². The summed E-state index contributed by atoms with van der Waals surface area (Å²) in [6.07, 6.45) is 0. The van der Waals surface area contributed by atoms with Gasteiger partial charge in [-0.05, 0) is 49.0 Å². The summed E-state index contributed by atoms with van der Waals surface area (Å²) in [5, 5.41) is 7.33. The van der Waals surface area contributed by atoms with Crippen LogP contribution in [0.1, 0.15) is 15.9 Å². The number of carbonyl (C=O) groups excluding carboxylic acids is 1. The molecule has 0 unspecified atom stereocenters. The van der Waals surface area contributed by atoms with Crippen LogP contribution in [0.2, 0.25) is 10.0 Å². The smallest absolute Gasteiger partial charge is 0.257 e. The van der Waals surface area contributed by atoms with Gasteiger partial charge in [0.25, 0.3) is 5.91 Å². The van der Waals surface area contributed by atoms with Crippen molar-refractivity contribution in [2.24, 2.45) is 0 Å². The molecule has 4 nitrogen and oxygen atoms in total.